The molecule has 1 aromatic carbocycles. The van der Waals surface area contributed by atoms with Crippen molar-refractivity contribution in [3.63, 3.8) is 0 Å². The smallest absolute Gasteiger partial charge is 0.231 e. The predicted molar refractivity (Wildman–Crippen MR) is 70.3 cm³/mol. The van der Waals surface area contributed by atoms with Gasteiger partial charge in [0.2, 0.25) is 6.79 Å². The first kappa shape index (κ1) is 12.0. The van der Waals surface area contributed by atoms with Crippen LogP contribution in [0.2, 0.25) is 0 Å². The highest BCUT2D eigenvalue weighted by Crippen LogP contribution is 2.35. The van der Waals surface area contributed by atoms with Crippen LogP contribution in [0.3, 0.4) is 0 Å². The van der Waals surface area contributed by atoms with Gasteiger partial charge < -0.3 is 14.6 Å². The van der Waals surface area contributed by atoms with Crippen molar-refractivity contribution in [1.82, 2.24) is 4.98 Å². The molecule has 0 fully saturated rings. The zero-order chi connectivity index (χ0) is 13.1. The Morgan fingerprint density at radius 1 is 1.16 bits per heavy atom. The maximum atomic E-state index is 9.59. The lowest BCUT2D eigenvalue weighted by Gasteiger charge is -2.14. The molecule has 0 amide bonds. The number of aromatic nitrogens is 1. The van der Waals surface area contributed by atoms with Crippen LogP contribution in [0.25, 0.3) is 0 Å². The third-order valence-electron chi connectivity index (χ3n) is 3.27. The largest absolute Gasteiger partial charge is 0.454 e. The first-order valence-corrected chi connectivity index (χ1v) is 6.27. The van der Waals surface area contributed by atoms with Crippen LogP contribution >= 0.6 is 0 Å². The van der Waals surface area contributed by atoms with Crippen LogP contribution < -0.4 is 9.47 Å². The van der Waals surface area contributed by atoms with Crippen molar-refractivity contribution >= 4 is 0 Å². The minimum Gasteiger partial charge on any atom is -0.454 e. The number of rotatable bonds is 4. The molecule has 1 atom stereocenters. The Morgan fingerprint density at radius 2 is 2.05 bits per heavy atom. The standard InChI is InChI=1S/C15H15NO3/c17-9-12(7-13-3-1-2-6-16-13)11-4-5-14-15(8-11)19-10-18-14/h1-6,8,12,17H,7,9-10H2. The molecule has 1 aromatic heterocycles. The number of nitrogens with zero attached hydrogens (tertiary/aromatic N) is 1. The summed E-state index contributed by atoms with van der Waals surface area (Å²) in [7, 11) is 0. The molecule has 2 aromatic rings. The van der Waals surface area contributed by atoms with E-state index in [9.17, 15) is 5.11 Å². The number of hydrogen-bond donors (Lipinski definition) is 1. The quantitative estimate of drug-likeness (QED) is 0.911. The molecule has 19 heavy (non-hydrogen) atoms. The van der Waals surface area contributed by atoms with Crippen LogP contribution in [0, 0.1) is 0 Å². The van der Waals surface area contributed by atoms with Crippen molar-refractivity contribution in [2.45, 2.75) is 12.3 Å². The Morgan fingerprint density at radius 3 is 2.84 bits per heavy atom. The average Bonchev–Trinajstić information content (AvgIpc) is 2.93. The molecule has 1 aliphatic rings. The molecule has 2 heterocycles. The second-order valence-corrected chi connectivity index (χ2v) is 4.52. The van der Waals surface area contributed by atoms with E-state index in [0.717, 1.165) is 22.8 Å². The highest BCUT2D eigenvalue weighted by molar-refractivity contribution is 5.45. The van der Waals surface area contributed by atoms with Crippen LogP contribution in [0.1, 0.15) is 17.2 Å². The molecule has 0 spiro atoms. The van der Waals surface area contributed by atoms with Gasteiger partial charge in [-0.05, 0) is 36.2 Å². The van der Waals surface area contributed by atoms with Gasteiger partial charge in [0.05, 0.1) is 6.61 Å². The third-order valence-corrected chi connectivity index (χ3v) is 3.27. The maximum absolute atomic E-state index is 9.59. The number of aliphatic hydroxyl groups excluding tert-OH is 1. The molecule has 1 unspecified atom stereocenters. The molecule has 98 valence electrons. The van der Waals surface area contributed by atoms with Crippen molar-refractivity contribution in [3.05, 3.63) is 53.9 Å². The van der Waals surface area contributed by atoms with Crippen LogP contribution in [0.5, 0.6) is 11.5 Å². The Balaban J connectivity index is 1.82. The number of aliphatic hydroxyl groups is 1. The number of benzene rings is 1. The summed E-state index contributed by atoms with van der Waals surface area (Å²) in [5.41, 5.74) is 2.01. The van der Waals surface area contributed by atoms with Crippen molar-refractivity contribution in [3.8, 4) is 11.5 Å². The summed E-state index contributed by atoms with van der Waals surface area (Å²) in [6.45, 7) is 0.346. The fourth-order valence-corrected chi connectivity index (χ4v) is 2.23. The monoisotopic (exact) mass is 257 g/mol. The van der Waals surface area contributed by atoms with E-state index < -0.39 is 0 Å². The molecule has 0 saturated heterocycles. The van der Waals surface area contributed by atoms with Crippen LogP contribution in [-0.4, -0.2) is 23.5 Å². The van der Waals surface area contributed by atoms with Gasteiger partial charge in [-0.2, -0.15) is 0 Å². The summed E-state index contributed by atoms with van der Waals surface area (Å²) in [6, 6.07) is 11.6. The summed E-state index contributed by atoms with van der Waals surface area (Å²) < 4.78 is 10.7. The van der Waals surface area contributed by atoms with Crippen molar-refractivity contribution in [2.75, 3.05) is 13.4 Å². The Bertz CT molecular complexity index is 557. The van der Waals surface area contributed by atoms with Crippen molar-refractivity contribution in [1.29, 1.82) is 0 Å². The Hall–Kier alpha value is -2.07. The molecule has 0 saturated carbocycles. The second kappa shape index (κ2) is 5.28. The molecule has 1 aliphatic heterocycles. The number of fused-ring (bicyclic) bond motifs is 1. The van der Waals surface area contributed by atoms with Crippen molar-refractivity contribution in [2.24, 2.45) is 0 Å². The van der Waals surface area contributed by atoms with Gasteiger partial charge in [-0.25, -0.2) is 0 Å². The molecule has 4 heteroatoms. The molecule has 1 N–H and O–H groups in total. The van der Waals surface area contributed by atoms with Gasteiger partial charge in [0.15, 0.2) is 11.5 Å². The second-order valence-electron chi connectivity index (χ2n) is 4.52. The molecular formula is C15H15NO3. The van der Waals surface area contributed by atoms with Crippen LogP contribution in [-0.2, 0) is 6.42 Å². The lowest BCUT2D eigenvalue weighted by atomic mass is 9.94. The summed E-state index contributed by atoms with van der Waals surface area (Å²) in [5.74, 6) is 1.53. The zero-order valence-electron chi connectivity index (χ0n) is 10.5. The fraction of sp³-hybridized carbons (Fsp3) is 0.267. The Kier molecular flexibility index (Phi) is 3.33. The van der Waals surface area contributed by atoms with E-state index in [-0.39, 0.29) is 19.3 Å². The van der Waals surface area contributed by atoms with Crippen LogP contribution in [0.4, 0.5) is 0 Å². The Labute approximate surface area is 111 Å². The van der Waals surface area contributed by atoms with Gasteiger partial charge in [-0.15, -0.1) is 0 Å². The molecular weight excluding hydrogens is 242 g/mol. The van der Waals surface area contributed by atoms with Gasteiger partial charge in [-0.3, -0.25) is 4.98 Å². The fourth-order valence-electron chi connectivity index (χ4n) is 2.23. The van der Waals surface area contributed by atoms with Crippen molar-refractivity contribution < 1.29 is 14.6 Å². The van der Waals surface area contributed by atoms with Gasteiger partial charge in [0, 0.05) is 17.8 Å². The molecule has 0 radical (unpaired) electrons. The normalized spacial score (nSPS) is 14.4. The van der Waals surface area contributed by atoms with E-state index in [1.54, 1.807) is 6.20 Å². The van der Waals surface area contributed by atoms with E-state index in [0.29, 0.717) is 6.42 Å². The summed E-state index contributed by atoms with van der Waals surface area (Å²) in [5, 5.41) is 9.59. The summed E-state index contributed by atoms with van der Waals surface area (Å²) >= 11 is 0. The van der Waals surface area contributed by atoms with E-state index in [2.05, 4.69) is 4.98 Å². The van der Waals surface area contributed by atoms with Gasteiger partial charge >= 0.3 is 0 Å². The maximum Gasteiger partial charge on any atom is 0.231 e. The molecule has 4 nitrogen and oxygen atoms in total. The molecule has 3 rings (SSSR count). The summed E-state index contributed by atoms with van der Waals surface area (Å²) in [6.07, 6.45) is 2.47. The minimum absolute atomic E-state index is 0.0180. The number of ether oxygens (including phenoxy) is 2. The predicted octanol–water partition coefficient (Wildman–Crippen LogP) is 2.13. The SMILES string of the molecule is OCC(Cc1ccccn1)c1ccc2c(c1)OCO2. The van der Waals surface area contributed by atoms with E-state index in [1.807, 2.05) is 36.4 Å². The first-order valence-electron chi connectivity index (χ1n) is 6.27. The molecule has 0 bridgehead atoms. The number of pyridine rings is 1. The minimum atomic E-state index is 0.0180. The highest BCUT2D eigenvalue weighted by atomic mass is 16.7. The van der Waals surface area contributed by atoms with E-state index >= 15 is 0 Å². The lowest BCUT2D eigenvalue weighted by Crippen LogP contribution is -2.08. The van der Waals surface area contributed by atoms with Crippen LogP contribution in [0.15, 0.2) is 42.6 Å². The first-order chi connectivity index (χ1) is 9.36. The lowest BCUT2D eigenvalue weighted by molar-refractivity contribution is 0.174. The summed E-state index contributed by atoms with van der Waals surface area (Å²) in [4.78, 5) is 4.30. The average molecular weight is 257 g/mol. The highest BCUT2D eigenvalue weighted by Gasteiger charge is 2.18. The van der Waals surface area contributed by atoms with Gasteiger partial charge in [-0.1, -0.05) is 12.1 Å². The molecule has 0 aliphatic carbocycles. The third kappa shape index (κ3) is 2.53. The van der Waals surface area contributed by atoms with Gasteiger partial charge in [0.1, 0.15) is 0 Å². The van der Waals surface area contributed by atoms with E-state index in [4.69, 9.17) is 9.47 Å². The van der Waals surface area contributed by atoms with E-state index in [1.165, 1.54) is 0 Å². The topological polar surface area (TPSA) is 51.6 Å². The number of hydrogen-bond acceptors (Lipinski definition) is 4. The van der Waals surface area contributed by atoms with Gasteiger partial charge in [0.25, 0.3) is 0 Å². The zero-order valence-corrected chi connectivity index (χ0v) is 10.5.